The number of hydrogen-bond acceptors (Lipinski definition) is 2. The Balaban J connectivity index is 0.00000176. The Kier molecular flexibility index (Phi) is 5.81. The van der Waals surface area contributed by atoms with Gasteiger partial charge in [0.1, 0.15) is 5.82 Å². The molecule has 0 aromatic heterocycles. The summed E-state index contributed by atoms with van der Waals surface area (Å²) < 4.78 is 13.2. The Morgan fingerprint density at radius 2 is 1.73 bits per heavy atom. The van der Waals surface area contributed by atoms with Crippen molar-refractivity contribution in [2.75, 3.05) is 26.2 Å². The number of carbonyl (C=O) groups excluding carboxylic acids is 1. The first kappa shape index (κ1) is 17.2. The van der Waals surface area contributed by atoms with Crippen LogP contribution in [0.3, 0.4) is 0 Å². The molecular weight excluding hydrogens is 303 g/mol. The zero-order chi connectivity index (χ0) is 14.7. The highest BCUT2D eigenvalue weighted by Gasteiger charge is 2.44. The molecule has 0 unspecified atom stereocenters. The number of nitrogens with zero attached hydrogens (tertiary/aromatic N) is 1. The molecule has 2 fully saturated rings. The van der Waals surface area contributed by atoms with Crippen LogP contribution in [0.5, 0.6) is 0 Å². The van der Waals surface area contributed by atoms with Gasteiger partial charge >= 0.3 is 0 Å². The molecule has 5 heteroatoms. The maximum Gasteiger partial charge on any atom is 0.233 e. The smallest absolute Gasteiger partial charge is 0.233 e. The lowest BCUT2D eigenvalue weighted by atomic mass is 9.77. The van der Waals surface area contributed by atoms with Crippen LogP contribution in [0.2, 0.25) is 0 Å². The van der Waals surface area contributed by atoms with Crippen LogP contribution < -0.4 is 5.32 Å². The second-order valence-electron chi connectivity index (χ2n) is 6.19. The van der Waals surface area contributed by atoms with Gasteiger partial charge in [0.25, 0.3) is 0 Å². The van der Waals surface area contributed by atoms with Crippen molar-refractivity contribution in [1.82, 2.24) is 10.2 Å². The van der Waals surface area contributed by atoms with Gasteiger partial charge in [-0.25, -0.2) is 4.39 Å². The summed E-state index contributed by atoms with van der Waals surface area (Å²) in [5.74, 6) is 0.00799. The van der Waals surface area contributed by atoms with Gasteiger partial charge in [0.05, 0.1) is 5.41 Å². The van der Waals surface area contributed by atoms with E-state index in [0.717, 1.165) is 63.8 Å². The van der Waals surface area contributed by atoms with E-state index in [9.17, 15) is 9.18 Å². The van der Waals surface area contributed by atoms with Gasteiger partial charge in [0.15, 0.2) is 0 Å². The molecule has 0 atom stereocenters. The zero-order valence-corrected chi connectivity index (χ0v) is 13.6. The van der Waals surface area contributed by atoms with Gasteiger partial charge in [-0.3, -0.25) is 4.79 Å². The second-order valence-corrected chi connectivity index (χ2v) is 6.19. The molecule has 22 heavy (non-hydrogen) atoms. The van der Waals surface area contributed by atoms with Crippen LogP contribution in [0.1, 0.15) is 37.7 Å². The van der Waals surface area contributed by atoms with Gasteiger partial charge < -0.3 is 10.2 Å². The first-order valence-electron chi connectivity index (χ1n) is 7.98. The highest BCUT2D eigenvalue weighted by atomic mass is 35.5. The van der Waals surface area contributed by atoms with E-state index in [1.54, 1.807) is 12.1 Å². The van der Waals surface area contributed by atoms with E-state index in [-0.39, 0.29) is 24.1 Å². The van der Waals surface area contributed by atoms with Gasteiger partial charge in [-0.05, 0) is 43.5 Å². The van der Waals surface area contributed by atoms with E-state index in [0.29, 0.717) is 0 Å². The van der Waals surface area contributed by atoms with Crippen molar-refractivity contribution in [1.29, 1.82) is 0 Å². The molecule has 1 aliphatic carbocycles. The minimum absolute atomic E-state index is 0. The zero-order valence-electron chi connectivity index (χ0n) is 12.8. The highest BCUT2D eigenvalue weighted by molar-refractivity contribution is 5.88. The average molecular weight is 327 g/mol. The molecule has 0 radical (unpaired) electrons. The molecule has 1 heterocycles. The van der Waals surface area contributed by atoms with Crippen molar-refractivity contribution in [2.45, 2.75) is 37.5 Å². The van der Waals surface area contributed by atoms with Crippen molar-refractivity contribution in [3.63, 3.8) is 0 Å². The minimum Gasteiger partial charge on any atom is -0.341 e. The third-order valence-electron chi connectivity index (χ3n) is 4.89. The van der Waals surface area contributed by atoms with E-state index < -0.39 is 5.41 Å². The van der Waals surface area contributed by atoms with Crippen LogP contribution in [0.4, 0.5) is 4.39 Å². The highest BCUT2D eigenvalue weighted by Crippen LogP contribution is 2.42. The Morgan fingerprint density at radius 3 is 2.41 bits per heavy atom. The van der Waals surface area contributed by atoms with Crippen LogP contribution in [0.25, 0.3) is 0 Å². The number of carbonyl (C=O) groups is 1. The lowest BCUT2D eigenvalue weighted by Crippen LogP contribution is -2.46. The van der Waals surface area contributed by atoms with Gasteiger partial charge in [0.2, 0.25) is 5.91 Å². The number of hydrogen-bond donors (Lipinski definition) is 1. The molecule has 1 saturated heterocycles. The molecule has 2 aliphatic rings. The van der Waals surface area contributed by atoms with Crippen LogP contribution in [0.15, 0.2) is 24.3 Å². The first-order chi connectivity index (χ1) is 10.2. The average Bonchev–Trinajstić information content (AvgIpc) is 2.84. The van der Waals surface area contributed by atoms with Crippen molar-refractivity contribution >= 4 is 18.3 Å². The maximum atomic E-state index is 13.2. The summed E-state index contributed by atoms with van der Waals surface area (Å²) in [6.45, 7) is 3.45. The molecular formula is C17H24ClFN2O. The van der Waals surface area contributed by atoms with E-state index in [4.69, 9.17) is 0 Å². The fraction of sp³-hybridized carbons (Fsp3) is 0.588. The van der Waals surface area contributed by atoms with E-state index >= 15 is 0 Å². The Labute approximate surface area is 137 Å². The Morgan fingerprint density at radius 1 is 1.05 bits per heavy atom. The van der Waals surface area contributed by atoms with Crippen molar-refractivity contribution in [2.24, 2.45) is 0 Å². The van der Waals surface area contributed by atoms with E-state index in [2.05, 4.69) is 5.32 Å². The largest absolute Gasteiger partial charge is 0.341 e. The number of halogens is 2. The Hall–Kier alpha value is -1.13. The summed E-state index contributed by atoms with van der Waals surface area (Å²) >= 11 is 0. The predicted octanol–water partition coefficient (Wildman–Crippen LogP) is 2.88. The molecule has 122 valence electrons. The molecule has 3 nitrogen and oxygen atoms in total. The summed E-state index contributed by atoms with van der Waals surface area (Å²) in [7, 11) is 0. The van der Waals surface area contributed by atoms with Crippen molar-refractivity contribution < 1.29 is 9.18 Å². The van der Waals surface area contributed by atoms with Crippen LogP contribution in [-0.4, -0.2) is 37.0 Å². The Bertz CT molecular complexity index is 492. The van der Waals surface area contributed by atoms with Crippen molar-refractivity contribution in [3.05, 3.63) is 35.6 Å². The van der Waals surface area contributed by atoms with Crippen molar-refractivity contribution in [3.8, 4) is 0 Å². The molecule has 1 saturated carbocycles. The third-order valence-corrected chi connectivity index (χ3v) is 4.89. The second kappa shape index (κ2) is 7.42. The van der Waals surface area contributed by atoms with Crippen LogP contribution >= 0.6 is 12.4 Å². The van der Waals surface area contributed by atoms with Gasteiger partial charge in [-0.1, -0.05) is 25.0 Å². The standard InChI is InChI=1S/C17H23FN2O.ClH/c18-15-6-4-14(5-7-15)17(8-1-2-9-17)16(21)20-12-3-10-19-11-13-20;/h4-7,19H,1-3,8-13H2;1H. The SMILES string of the molecule is Cl.O=C(N1CCCNCC1)C1(c2ccc(F)cc2)CCCC1. The third kappa shape index (κ3) is 3.28. The summed E-state index contributed by atoms with van der Waals surface area (Å²) in [4.78, 5) is 15.2. The van der Waals surface area contributed by atoms with Gasteiger partial charge in [-0.2, -0.15) is 0 Å². The fourth-order valence-electron chi connectivity index (χ4n) is 3.72. The number of benzene rings is 1. The number of amides is 1. The first-order valence-corrected chi connectivity index (χ1v) is 7.98. The minimum atomic E-state index is -0.419. The van der Waals surface area contributed by atoms with Crippen LogP contribution in [-0.2, 0) is 10.2 Å². The topological polar surface area (TPSA) is 32.3 Å². The van der Waals surface area contributed by atoms with Gasteiger partial charge in [0, 0.05) is 19.6 Å². The molecule has 0 bridgehead atoms. The lowest BCUT2D eigenvalue weighted by molar-refractivity contribution is -0.137. The molecule has 3 rings (SSSR count). The fourth-order valence-corrected chi connectivity index (χ4v) is 3.72. The number of rotatable bonds is 2. The summed E-state index contributed by atoms with van der Waals surface area (Å²) in [6.07, 6.45) is 4.94. The summed E-state index contributed by atoms with van der Waals surface area (Å²) in [5, 5.41) is 3.34. The quantitative estimate of drug-likeness (QED) is 0.906. The normalized spacial score (nSPS) is 21.0. The van der Waals surface area contributed by atoms with E-state index in [1.165, 1.54) is 12.1 Å². The summed E-state index contributed by atoms with van der Waals surface area (Å²) in [6, 6.07) is 6.56. The monoisotopic (exact) mass is 326 g/mol. The maximum absolute atomic E-state index is 13.2. The summed E-state index contributed by atoms with van der Waals surface area (Å²) in [5.41, 5.74) is 0.571. The van der Waals surface area contributed by atoms with E-state index in [1.807, 2.05) is 4.90 Å². The molecule has 1 aliphatic heterocycles. The van der Waals surface area contributed by atoms with Crippen LogP contribution in [0, 0.1) is 5.82 Å². The predicted molar refractivity (Wildman–Crippen MR) is 87.9 cm³/mol. The molecule has 1 N–H and O–H groups in total. The molecule has 0 spiro atoms. The molecule has 1 aromatic carbocycles. The van der Waals surface area contributed by atoms with Gasteiger partial charge in [-0.15, -0.1) is 12.4 Å². The lowest BCUT2D eigenvalue weighted by Gasteiger charge is -2.34. The molecule has 1 aromatic rings. The number of nitrogens with one attached hydrogen (secondary N) is 1. The molecule has 1 amide bonds.